The van der Waals surface area contributed by atoms with E-state index in [0.29, 0.717) is 6.42 Å². The van der Waals surface area contributed by atoms with E-state index in [9.17, 15) is 13.2 Å². The topological polar surface area (TPSA) is 9.23 Å². The highest BCUT2D eigenvalue weighted by molar-refractivity contribution is 5.55. The molecular formula is C23H35F3O. The van der Waals surface area contributed by atoms with Gasteiger partial charge in [-0.15, -0.1) is 0 Å². The molecule has 1 aliphatic rings. The van der Waals surface area contributed by atoms with Crippen molar-refractivity contribution in [1.82, 2.24) is 0 Å². The van der Waals surface area contributed by atoms with Crippen molar-refractivity contribution < 1.29 is 17.9 Å². The Morgan fingerprint density at radius 3 is 2.00 bits per heavy atom. The number of hydrogen-bond donors (Lipinski definition) is 0. The molecule has 1 aromatic rings. The summed E-state index contributed by atoms with van der Waals surface area (Å²) in [7, 11) is 0. The van der Waals surface area contributed by atoms with E-state index in [1.807, 2.05) is 0 Å². The van der Waals surface area contributed by atoms with E-state index < -0.39 is 12.6 Å². The highest BCUT2D eigenvalue weighted by Gasteiger charge is 2.33. The highest BCUT2D eigenvalue weighted by atomic mass is 19.4. The fourth-order valence-corrected chi connectivity index (χ4v) is 4.19. The molecule has 0 unspecified atom stereocenters. The van der Waals surface area contributed by atoms with E-state index >= 15 is 0 Å². The quantitative estimate of drug-likeness (QED) is 0.417. The van der Waals surface area contributed by atoms with E-state index in [1.54, 1.807) is 0 Å². The summed E-state index contributed by atoms with van der Waals surface area (Å²) in [6.45, 7) is 10.9. The van der Waals surface area contributed by atoms with Crippen molar-refractivity contribution in [3.63, 3.8) is 0 Å². The van der Waals surface area contributed by atoms with Crippen LogP contribution in [-0.4, -0.2) is 11.8 Å². The first kappa shape index (κ1) is 22.1. The molecule has 1 atom stereocenters. The number of hydrogen-bond acceptors (Lipinski definition) is 1. The Balaban J connectivity index is 1.79. The number of benzene rings is 1. The van der Waals surface area contributed by atoms with Crippen molar-refractivity contribution in [1.29, 1.82) is 0 Å². The van der Waals surface area contributed by atoms with Gasteiger partial charge >= 0.3 is 6.18 Å². The van der Waals surface area contributed by atoms with Gasteiger partial charge in [0.05, 0.1) is 0 Å². The molecule has 1 aliphatic heterocycles. The van der Waals surface area contributed by atoms with Crippen molar-refractivity contribution >= 4 is 0 Å². The van der Waals surface area contributed by atoms with Crippen LogP contribution in [0.1, 0.15) is 92.5 Å². The lowest BCUT2D eigenvalue weighted by atomic mass is 9.83. The summed E-state index contributed by atoms with van der Waals surface area (Å²) in [5.41, 5.74) is 6.59. The van der Waals surface area contributed by atoms with Gasteiger partial charge in [0, 0.05) is 6.42 Å². The summed E-state index contributed by atoms with van der Waals surface area (Å²) in [4.78, 5) is 0. The third-order valence-electron chi connectivity index (χ3n) is 6.42. The lowest BCUT2D eigenvalue weighted by molar-refractivity contribution is -0.135. The maximum atomic E-state index is 12.1. The summed E-state index contributed by atoms with van der Waals surface area (Å²) >= 11 is 0. The molecule has 27 heavy (non-hydrogen) atoms. The summed E-state index contributed by atoms with van der Waals surface area (Å²) in [6.07, 6.45) is 3.47. The Morgan fingerprint density at radius 1 is 0.815 bits per heavy atom. The van der Waals surface area contributed by atoms with Crippen LogP contribution in [0.15, 0.2) is 0 Å². The van der Waals surface area contributed by atoms with Gasteiger partial charge in [0.2, 0.25) is 0 Å². The summed E-state index contributed by atoms with van der Waals surface area (Å²) in [5.74, 6) is 1.09. The van der Waals surface area contributed by atoms with Gasteiger partial charge in [-0.1, -0.05) is 25.7 Å². The summed E-state index contributed by atoms with van der Waals surface area (Å²) in [6, 6.07) is 0. The third-order valence-corrected chi connectivity index (χ3v) is 6.42. The fraction of sp³-hybridized carbons (Fsp3) is 0.739. The standard InChI is InChI=1S/C23H35F3O/c1-16-17(2)19(4)21-20(18(16)3)12-15-22(5,27-21)13-10-8-6-7-9-11-14-23(24,25)26/h6-15H2,1-5H3/t22-/m1/s1. The maximum absolute atomic E-state index is 12.1. The molecule has 0 amide bonds. The predicted octanol–water partition coefficient (Wildman–Crippen LogP) is 7.69. The molecule has 1 heterocycles. The minimum atomic E-state index is -4.00. The largest absolute Gasteiger partial charge is 0.487 e. The van der Waals surface area contributed by atoms with Gasteiger partial charge in [-0.05, 0) is 94.5 Å². The zero-order chi connectivity index (χ0) is 20.2. The molecule has 2 rings (SSSR count). The van der Waals surface area contributed by atoms with Crippen molar-refractivity contribution in [2.45, 2.75) is 111 Å². The van der Waals surface area contributed by atoms with Gasteiger partial charge < -0.3 is 4.74 Å². The van der Waals surface area contributed by atoms with Crippen molar-refractivity contribution in [3.05, 3.63) is 27.8 Å². The molecule has 154 valence electrons. The second-order valence-electron chi connectivity index (χ2n) is 8.60. The van der Waals surface area contributed by atoms with Crippen LogP contribution in [0, 0.1) is 27.7 Å². The molecule has 0 saturated carbocycles. The van der Waals surface area contributed by atoms with Gasteiger partial charge in [-0.3, -0.25) is 0 Å². The minimum absolute atomic E-state index is 0.123. The lowest BCUT2D eigenvalue weighted by Crippen LogP contribution is -2.37. The first-order valence-corrected chi connectivity index (χ1v) is 10.4. The van der Waals surface area contributed by atoms with E-state index in [0.717, 1.165) is 50.7 Å². The molecule has 0 saturated heterocycles. The van der Waals surface area contributed by atoms with Gasteiger partial charge in [-0.2, -0.15) is 13.2 Å². The van der Waals surface area contributed by atoms with Crippen LogP contribution in [0.2, 0.25) is 0 Å². The van der Waals surface area contributed by atoms with Crippen LogP contribution in [-0.2, 0) is 6.42 Å². The first-order valence-electron chi connectivity index (χ1n) is 10.4. The number of fused-ring (bicyclic) bond motifs is 1. The molecule has 1 nitrogen and oxygen atoms in total. The molecule has 0 N–H and O–H groups in total. The minimum Gasteiger partial charge on any atom is -0.487 e. The second-order valence-corrected chi connectivity index (χ2v) is 8.60. The Bertz CT molecular complexity index is 648. The predicted molar refractivity (Wildman–Crippen MR) is 106 cm³/mol. The molecule has 4 heteroatoms. The lowest BCUT2D eigenvalue weighted by Gasteiger charge is -2.38. The Kier molecular flexibility index (Phi) is 7.27. The van der Waals surface area contributed by atoms with Crippen LogP contribution in [0.3, 0.4) is 0 Å². The average Bonchev–Trinajstić information content (AvgIpc) is 2.59. The Hall–Kier alpha value is -1.19. The molecule has 0 fully saturated rings. The number of rotatable bonds is 8. The van der Waals surface area contributed by atoms with Gasteiger partial charge in [-0.25, -0.2) is 0 Å². The number of halogens is 3. The second kappa shape index (κ2) is 8.87. The average molecular weight is 385 g/mol. The number of unbranched alkanes of at least 4 members (excludes halogenated alkanes) is 5. The van der Waals surface area contributed by atoms with E-state index in [4.69, 9.17) is 4.74 Å². The van der Waals surface area contributed by atoms with Crippen LogP contribution in [0.25, 0.3) is 0 Å². The summed E-state index contributed by atoms with van der Waals surface area (Å²) < 4.78 is 42.9. The molecule has 1 aromatic carbocycles. The monoisotopic (exact) mass is 384 g/mol. The first-order chi connectivity index (χ1) is 12.5. The van der Waals surface area contributed by atoms with E-state index in [2.05, 4.69) is 34.6 Å². The Labute approximate surface area is 162 Å². The van der Waals surface area contributed by atoms with Gasteiger partial charge in [0.1, 0.15) is 11.4 Å². The van der Waals surface area contributed by atoms with Gasteiger partial charge in [0.25, 0.3) is 0 Å². The Morgan fingerprint density at radius 2 is 1.37 bits per heavy atom. The molecule has 0 spiro atoms. The normalized spacial score (nSPS) is 19.7. The van der Waals surface area contributed by atoms with Crippen LogP contribution < -0.4 is 4.74 Å². The van der Waals surface area contributed by atoms with Crippen molar-refractivity contribution in [2.75, 3.05) is 0 Å². The molecule has 0 bridgehead atoms. The van der Waals surface area contributed by atoms with Crippen LogP contribution in [0.5, 0.6) is 5.75 Å². The fourth-order valence-electron chi connectivity index (χ4n) is 4.19. The highest BCUT2D eigenvalue weighted by Crippen LogP contribution is 2.42. The summed E-state index contributed by atoms with van der Waals surface area (Å²) in [5, 5.41) is 0. The molecule has 0 radical (unpaired) electrons. The van der Waals surface area contributed by atoms with Crippen molar-refractivity contribution in [3.8, 4) is 5.75 Å². The molecule has 0 aliphatic carbocycles. The third kappa shape index (κ3) is 5.89. The molecule has 0 aromatic heterocycles. The van der Waals surface area contributed by atoms with Gasteiger partial charge in [0.15, 0.2) is 0 Å². The number of alkyl halides is 3. The van der Waals surface area contributed by atoms with Crippen LogP contribution >= 0.6 is 0 Å². The smallest absolute Gasteiger partial charge is 0.389 e. The maximum Gasteiger partial charge on any atom is 0.389 e. The SMILES string of the molecule is Cc1c(C)c(C)c2c(c1C)CC[C@@](C)(CCCCCCCCC(F)(F)F)O2. The zero-order valence-corrected chi connectivity index (χ0v) is 17.6. The van der Waals surface area contributed by atoms with E-state index in [-0.39, 0.29) is 12.0 Å². The van der Waals surface area contributed by atoms with Crippen LogP contribution in [0.4, 0.5) is 13.2 Å². The molecular weight excluding hydrogens is 349 g/mol. The van der Waals surface area contributed by atoms with Crippen molar-refractivity contribution in [2.24, 2.45) is 0 Å². The number of ether oxygens (including phenoxy) is 1. The zero-order valence-electron chi connectivity index (χ0n) is 17.6. The van der Waals surface area contributed by atoms with E-state index in [1.165, 1.54) is 27.8 Å².